The number of fused-ring (bicyclic) bond motifs is 3. The topological polar surface area (TPSA) is 38.0 Å². The summed E-state index contributed by atoms with van der Waals surface area (Å²) >= 11 is 0. The highest BCUT2D eigenvalue weighted by Gasteiger charge is 2.36. The molecule has 0 spiro atoms. The number of benzene rings is 5. The molecular formula is C35H32N2. The van der Waals surface area contributed by atoms with Crippen LogP contribution in [-0.4, -0.2) is 0 Å². The van der Waals surface area contributed by atoms with Crippen molar-refractivity contribution in [3.8, 4) is 33.4 Å². The first-order valence-corrected chi connectivity index (χ1v) is 13.0. The minimum Gasteiger partial charge on any atom is -0.312 e. The minimum atomic E-state index is -0.226. The first-order valence-electron chi connectivity index (χ1n) is 13.0. The molecule has 5 aromatic carbocycles. The van der Waals surface area contributed by atoms with Gasteiger partial charge in [0.25, 0.3) is 0 Å². The van der Waals surface area contributed by atoms with Crippen LogP contribution in [0.5, 0.6) is 0 Å². The largest absolute Gasteiger partial charge is 0.312 e. The molecule has 0 saturated heterocycles. The molecule has 37 heavy (non-hydrogen) atoms. The number of nitrogens with one attached hydrogen (secondary N) is 1. The van der Waals surface area contributed by atoms with Gasteiger partial charge in [0.15, 0.2) is 0 Å². The summed E-state index contributed by atoms with van der Waals surface area (Å²) in [6.45, 7) is 5.41. The Balaban J connectivity index is 1.39. The Morgan fingerprint density at radius 1 is 0.595 bits per heavy atom. The molecule has 1 atom stereocenters. The fourth-order valence-corrected chi connectivity index (χ4v) is 5.65. The van der Waals surface area contributed by atoms with Gasteiger partial charge in [-0.15, -0.1) is 0 Å². The van der Waals surface area contributed by atoms with Gasteiger partial charge in [-0.1, -0.05) is 123 Å². The highest BCUT2D eigenvalue weighted by molar-refractivity contribution is 5.92. The standard InChI is InChI=1S/C35H32N2/c1-35(2)32-16-10-9-15-28(32)31-21-29(25-13-7-4-8-14-25)30(22-33(31)35)26-17-19-27(20-18-26)34(36)37-23-24-11-5-3-6-12-24/h3-22,34,37H,23,36H2,1-2H3. The van der Waals surface area contributed by atoms with Crippen molar-refractivity contribution in [2.24, 2.45) is 5.73 Å². The third-order valence-corrected chi connectivity index (χ3v) is 7.76. The Morgan fingerprint density at radius 3 is 1.92 bits per heavy atom. The second-order valence-corrected chi connectivity index (χ2v) is 10.4. The van der Waals surface area contributed by atoms with Crippen molar-refractivity contribution in [3.63, 3.8) is 0 Å². The van der Waals surface area contributed by atoms with Crippen molar-refractivity contribution in [1.82, 2.24) is 5.32 Å². The van der Waals surface area contributed by atoms with E-state index in [0.717, 1.165) is 12.1 Å². The Morgan fingerprint density at radius 2 is 1.19 bits per heavy atom. The number of rotatable bonds is 6. The Bertz CT molecular complexity index is 1530. The van der Waals surface area contributed by atoms with Crippen molar-refractivity contribution < 1.29 is 0 Å². The van der Waals surface area contributed by atoms with E-state index in [-0.39, 0.29) is 11.6 Å². The van der Waals surface area contributed by atoms with Crippen LogP contribution in [0.2, 0.25) is 0 Å². The predicted octanol–water partition coefficient (Wildman–Crippen LogP) is 8.07. The minimum absolute atomic E-state index is 0.0421. The summed E-state index contributed by atoms with van der Waals surface area (Å²) < 4.78 is 0. The van der Waals surface area contributed by atoms with Gasteiger partial charge in [-0.2, -0.15) is 0 Å². The van der Waals surface area contributed by atoms with Crippen molar-refractivity contribution in [2.75, 3.05) is 0 Å². The van der Waals surface area contributed by atoms with Crippen molar-refractivity contribution in [1.29, 1.82) is 0 Å². The molecule has 0 fully saturated rings. The van der Waals surface area contributed by atoms with E-state index in [0.29, 0.717) is 0 Å². The summed E-state index contributed by atoms with van der Waals surface area (Å²) in [6, 6.07) is 43.5. The maximum atomic E-state index is 6.50. The SMILES string of the molecule is CC1(C)c2ccccc2-c2cc(-c3ccccc3)c(-c3ccc(C(N)NCc4ccccc4)cc3)cc21. The van der Waals surface area contributed by atoms with E-state index in [1.54, 1.807) is 0 Å². The molecule has 0 aliphatic heterocycles. The van der Waals surface area contributed by atoms with Crippen LogP contribution in [-0.2, 0) is 12.0 Å². The first kappa shape index (κ1) is 23.4. The molecule has 6 rings (SSSR count). The molecule has 0 amide bonds. The average Bonchev–Trinajstić information content (AvgIpc) is 3.18. The van der Waals surface area contributed by atoms with Gasteiger partial charge in [0.05, 0.1) is 6.17 Å². The molecule has 0 saturated carbocycles. The summed E-state index contributed by atoms with van der Waals surface area (Å²) in [6.07, 6.45) is -0.226. The lowest BCUT2D eigenvalue weighted by Gasteiger charge is -2.23. The number of hydrogen-bond acceptors (Lipinski definition) is 2. The molecule has 1 unspecified atom stereocenters. The van der Waals surface area contributed by atoms with E-state index in [9.17, 15) is 0 Å². The number of hydrogen-bond donors (Lipinski definition) is 2. The molecule has 5 aromatic rings. The molecule has 3 N–H and O–H groups in total. The van der Waals surface area contributed by atoms with Crippen LogP contribution in [0.1, 0.15) is 42.3 Å². The molecular weight excluding hydrogens is 448 g/mol. The molecule has 1 aliphatic rings. The van der Waals surface area contributed by atoms with Crippen molar-refractivity contribution in [2.45, 2.75) is 32.0 Å². The zero-order chi connectivity index (χ0) is 25.4. The fraction of sp³-hybridized carbons (Fsp3) is 0.143. The van der Waals surface area contributed by atoms with Gasteiger partial charge in [0.2, 0.25) is 0 Å². The van der Waals surface area contributed by atoms with Gasteiger partial charge >= 0.3 is 0 Å². The van der Waals surface area contributed by atoms with Crippen LogP contribution < -0.4 is 11.1 Å². The normalized spacial score (nSPS) is 14.1. The van der Waals surface area contributed by atoms with Crippen LogP contribution in [0.15, 0.2) is 121 Å². The predicted molar refractivity (Wildman–Crippen MR) is 155 cm³/mol. The van der Waals surface area contributed by atoms with Gasteiger partial charge in [-0.3, -0.25) is 5.32 Å². The Labute approximate surface area is 219 Å². The molecule has 2 nitrogen and oxygen atoms in total. The van der Waals surface area contributed by atoms with E-state index in [2.05, 4.69) is 134 Å². The lowest BCUT2D eigenvalue weighted by Crippen LogP contribution is -2.28. The summed E-state index contributed by atoms with van der Waals surface area (Å²) in [5.74, 6) is 0. The second kappa shape index (κ2) is 9.48. The summed E-state index contributed by atoms with van der Waals surface area (Å²) in [4.78, 5) is 0. The van der Waals surface area contributed by atoms with Crippen molar-refractivity contribution >= 4 is 0 Å². The molecule has 2 heteroatoms. The fourth-order valence-electron chi connectivity index (χ4n) is 5.65. The lowest BCUT2D eigenvalue weighted by atomic mass is 9.80. The summed E-state index contributed by atoms with van der Waals surface area (Å²) in [5, 5.41) is 3.44. The van der Waals surface area contributed by atoms with Gasteiger partial charge < -0.3 is 5.73 Å². The van der Waals surface area contributed by atoms with Gasteiger partial charge in [-0.25, -0.2) is 0 Å². The molecule has 0 heterocycles. The molecule has 1 aliphatic carbocycles. The van der Waals surface area contributed by atoms with E-state index < -0.39 is 0 Å². The monoisotopic (exact) mass is 480 g/mol. The van der Waals surface area contributed by atoms with Crippen LogP contribution in [0.3, 0.4) is 0 Å². The van der Waals surface area contributed by atoms with Crippen molar-refractivity contribution in [3.05, 3.63) is 144 Å². The first-order chi connectivity index (χ1) is 18.0. The second-order valence-electron chi connectivity index (χ2n) is 10.4. The smallest absolute Gasteiger partial charge is 0.0812 e. The van der Waals surface area contributed by atoms with Crippen LogP contribution in [0.4, 0.5) is 0 Å². The van der Waals surface area contributed by atoms with Gasteiger partial charge in [0, 0.05) is 12.0 Å². The van der Waals surface area contributed by atoms with Gasteiger partial charge in [-0.05, 0) is 67.8 Å². The Kier molecular flexibility index (Phi) is 6.00. The average molecular weight is 481 g/mol. The van der Waals surface area contributed by atoms with Crippen LogP contribution in [0, 0.1) is 0 Å². The summed E-state index contributed by atoms with van der Waals surface area (Å²) in [5.41, 5.74) is 19.2. The van der Waals surface area contributed by atoms with E-state index in [1.165, 1.54) is 50.1 Å². The highest BCUT2D eigenvalue weighted by Crippen LogP contribution is 2.51. The third kappa shape index (κ3) is 4.29. The summed E-state index contributed by atoms with van der Waals surface area (Å²) in [7, 11) is 0. The van der Waals surface area contributed by atoms with E-state index in [1.807, 2.05) is 6.07 Å². The zero-order valence-corrected chi connectivity index (χ0v) is 21.4. The van der Waals surface area contributed by atoms with Gasteiger partial charge in [0.1, 0.15) is 0 Å². The molecule has 0 radical (unpaired) electrons. The molecule has 182 valence electrons. The van der Waals surface area contributed by atoms with Crippen LogP contribution in [0.25, 0.3) is 33.4 Å². The lowest BCUT2D eigenvalue weighted by molar-refractivity contribution is 0.552. The highest BCUT2D eigenvalue weighted by atomic mass is 15.0. The quantitative estimate of drug-likeness (QED) is 0.241. The maximum absolute atomic E-state index is 6.50. The van der Waals surface area contributed by atoms with E-state index in [4.69, 9.17) is 5.73 Å². The zero-order valence-electron chi connectivity index (χ0n) is 21.4. The third-order valence-electron chi connectivity index (χ3n) is 7.76. The number of nitrogens with two attached hydrogens (primary N) is 1. The molecule has 0 aromatic heterocycles. The Hall–Kier alpha value is -3.98. The van der Waals surface area contributed by atoms with Crippen LogP contribution >= 0.6 is 0 Å². The molecule has 0 bridgehead atoms. The van der Waals surface area contributed by atoms with E-state index >= 15 is 0 Å². The maximum Gasteiger partial charge on any atom is 0.0812 e.